The Morgan fingerprint density at radius 1 is 1.20 bits per heavy atom. The van der Waals surface area contributed by atoms with Gasteiger partial charge in [0.1, 0.15) is 12.1 Å². The summed E-state index contributed by atoms with van der Waals surface area (Å²) in [5.74, 6) is -0.817. The van der Waals surface area contributed by atoms with Crippen LogP contribution in [0.1, 0.15) is 40.5 Å². The number of alkyl halides is 3. The van der Waals surface area contributed by atoms with E-state index >= 15 is 0 Å². The van der Waals surface area contributed by atoms with Crippen LogP contribution in [0.2, 0.25) is 0 Å². The molecule has 0 aromatic rings. The molecule has 0 bridgehead atoms. The van der Waals surface area contributed by atoms with Gasteiger partial charge >= 0.3 is 6.18 Å². The van der Waals surface area contributed by atoms with Crippen LogP contribution in [0.25, 0.3) is 0 Å². The Bertz CT molecular complexity index is 388. The first kappa shape index (κ1) is 16.8. The lowest BCUT2D eigenvalue weighted by Gasteiger charge is -2.44. The molecule has 0 radical (unpaired) electrons. The zero-order valence-electron chi connectivity index (χ0n) is 12.2. The Kier molecular flexibility index (Phi) is 4.71. The van der Waals surface area contributed by atoms with E-state index in [1.807, 2.05) is 0 Å². The van der Waals surface area contributed by atoms with Crippen LogP contribution in [-0.4, -0.2) is 41.5 Å². The van der Waals surface area contributed by atoms with Crippen molar-refractivity contribution in [2.75, 3.05) is 6.54 Å². The second-order valence-corrected chi connectivity index (χ2v) is 6.13. The molecule has 0 aromatic carbocycles. The van der Waals surface area contributed by atoms with Crippen molar-refractivity contribution < 1.29 is 22.8 Å². The Morgan fingerprint density at radius 3 is 2.15 bits per heavy atom. The SMILES string of the molecule is CCC1NC(=O)C(C(C)(C)C)N(CCC(F)(F)F)C1=O. The van der Waals surface area contributed by atoms with Gasteiger partial charge in [-0.15, -0.1) is 0 Å². The summed E-state index contributed by atoms with van der Waals surface area (Å²) in [5.41, 5.74) is -0.621. The minimum atomic E-state index is -4.35. The van der Waals surface area contributed by atoms with Crippen LogP contribution in [0.5, 0.6) is 0 Å². The molecule has 0 saturated carbocycles. The maximum Gasteiger partial charge on any atom is 0.390 e. The van der Waals surface area contributed by atoms with Gasteiger partial charge in [0.25, 0.3) is 0 Å². The lowest BCUT2D eigenvalue weighted by Crippen LogP contribution is -2.66. The molecule has 1 heterocycles. The molecule has 0 aliphatic carbocycles. The minimum Gasteiger partial charge on any atom is -0.342 e. The second kappa shape index (κ2) is 5.61. The van der Waals surface area contributed by atoms with Crippen LogP contribution in [0.3, 0.4) is 0 Å². The third-order valence-electron chi connectivity index (χ3n) is 3.32. The molecule has 0 spiro atoms. The summed E-state index contributed by atoms with van der Waals surface area (Å²) in [6.07, 6.45) is -5.09. The van der Waals surface area contributed by atoms with Gasteiger partial charge in [-0.1, -0.05) is 27.7 Å². The number of hydrogen-bond donors (Lipinski definition) is 1. The number of nitrogens with one attached hydrogen (secondary N) is 1. The number of piperazine rings is 1. The van der Waals surface area contributed by atoms with Gasteiger partial charge in [0.15, 0.2) is 0 Å². The molecule has 1 aliphatic heterocycles. The number of halogens is 3. The Labute approximate surface area is 116 Å². The zero-order valence-corrected chi connectivity index (χ0v) is 12.2. The molecule has 2 atom stereocenters. The van der Waals surface area contributed by atoms with Crippen molar-refractivity contribution in [3.8, 4) is 0 Å². The highest BCUT2D eigenvalue weighted by molar-refractivity contribution is 5.97. The number of rotatable bonds is 3. The maximum atomic E-state index is 12.4. The Hall–Kier alpha value is -1.27. The summed E-state index contributed by atoms with van der Waals surface area (Å²) < 4.78 is 37.2. The molecule has 0 aromatic heterocycles. The highest BCUT2D eigenvalue weighted by Crippen LogP contribution is 2.30. The predicted octanol–water partition coefficient (Wildman–Crippen LogP) is 2.09. The van der Waals surface area contributed by atoms with E-state index in [2.05, 4.69) is 5.32 Å². The third-order valence-corrected chi connectivity index (χ3v) is 3.32. The molecule has 7 heteroatoms. The van der Waals surface area contributed by atoms with E-state index in [1.54, 1.807) is 27.7 Å². The van der Waals surface area contributed by atoms with Crippen LogP contribution < -0.4 is 5.32 Å². The highest BCUT2D eigenvalue weighted by atomic mass is 19.4. The molecule has 1 N–H and O–H groups in total. The van der Waals surface area contributed by atoms with Crippen LogP contribution in [0, 0.1) is 5.41 Å². The molecule has 20 heavy (non-hydrogen) atoms. The van der Waals surface area contributed by atoms with Crippen molar-refractivity contribution in [3.05, 3.63) is 0 Å². The molecule has 4 nitrogen and oxygen atoms in total. The van der Waals surface area contributed by atoms with Gasteiger partial charge in [0.05, 0.1) is 6.42 Å². The smallest absolute Gasteiger partial charge is 0.342 e. The Balaban J connectivity index is 3.00. The van der Waals surface area contributed by atoms with E-state index in [1.165, 1.54) is 0 Å². The third kappa shape index (κ3) is 3.86. The largest absolute Gasteiger partial charge is 0.390 e. The predicted molar refractivity (Wildman–Crippen MR) is 67.8 cm³/mol. The molecule has 1 saturated heterocycles. The van der Waals surface area contributed by atoms with E-state index in [9.17, 15) is 22.8 Å². The number of hydrogen-bond acceptors (Lipinski definition) is 2. The molecule has 2 amide bonds. The summed E-state index contributed by atoms with van der Waals surface area (Å²) in [6.45, 7) is 6.43. The average molecular weight is 294 g/mol. The first-order chi connectivity index (χ1) is 8.97. The van der Waals surface area contributed by atoms with Gasteiger partial charge in [-0.25, -0.2) is 0 Å². The van der Waals surface area contributed by atoms with Gasteiger partial charge < -0.3 is 10.2 Å². The van der Waals surface area contributed by atoms with Crippen molar-refractivity contribution in [2.45, 2.75) is 58.8 Å². The summed E-state index contributed by atoms with van der Waals surface area (Å²) in [6, 6.07) is -1.60. The fourth-order valence-corrected chi connectivity index (χ4v) is 2.41. The van der Waals surface area contributed by atoms with Crippen LogP contribution >= 0.6 is 0 Å². The van der Waals surface area contributed by atoms with Gasteiger partial charge in [0, 0.05) is 6.54 Å². The minimum absolute atomic E-state index is 0.365. The Morgan fingerprint density at radius 2 is 1.75 bits per heavy atom. The zero-order chi connectivity index (χ0) is 15.7. The van der Waals surface area contributed by atoms with Crippen LogP contribution in [0.4, 0.5) is 13.2 Å². The first-order valence-corrected chi connectivity index (χ1v) is 6.65. The lowest BCUT2D eigenvalue weighted by molar-refractivity contribution is -0.162. The molecule has 1 fully saturated rings. The number of carbonyl (C=O) groups is 2. The summed E-state index contributed by atoms with van der Waals surface area (Å²) in [5, 5.41) is 2.59. The summed E-state index contributed by atoms with van der Waals surface area (Å²) in [7, 11) is 0. The fourth-order valence-electron chi connectivity index (χ4n) is 2.41. The summed E-state index contributed by atoms with van der Waals surface area (Å²) >= 11 is 0. The number of carbonyl (C=O) groups excluding carboxylic acids is 2. The van der Waals surface area contributed by atoms with Gasteiger partial charge in [-0.2, -0.15) is 13.2 Å². The monoisotopic (exact) mass is 294 g/mol. The number of amides is 2. The van der Waals surface area contributed by atoms with E-state index in [0.29, 0.717) is 6.42 Å². The summed E-state index contributed by atoms with van der Waals surface area (Å²) in [4.78, 5) is 25.4. The van der Waals surface area contributed by atoms with E-state index in [0.717, 1.165) is 4.90 Å². The van der Waals surface area contributed by atoms with E-state index < -0.39 is 42.5 Å². The second-order valence-electron chi connectivity index (χ2n) is 6.13. The molecule has 116 valence electrons. The van der Waals surface area contributed by atoms with Crippen molar-refractivity contribution in [1.29, 1.82) is 0 Å². The molecular formula is C13H21F3N2O2. The van der Waals surface area contributed by atoms with Crippen LogP contribution in [0.15, 0.2) is 0 Å². The van der Waals surface area contributed by atoms with E-state index in [-0.39, 0.29) is 5.91 Å². The van der Waals surface area contributed by atoms with Gasteiger partial charge in [-0.05, 0) is 11.8 Å². The van der Waals surface area contributed by atoms with Crippen LogP contribution in [-0.2, 0) is 9.59 Å². The van der Waals surface area contributed by atoms with Crippen molar-refractivity contribution >= 4 is 11.8 Å². The standard InChI is InChI=1S/C13H21F3N2O2/c1-5-8-11(20)18(7-6-13(14,15)16)9(10(19)17-8)12(2,3)4/h8-9H,5-7H2,1-4H3,(H,17,19). The lowest BCUT2D eigenvalue weighted by atomic mass is 9.83. The number of nitrogens with zero attached hydrogens (tertiary/aromatic N) is 1. The van der Waals surface area contributed by atoms with Crippen molar-refractivity contribution in [3.63, 3.8) is 0 Å². The van der Waals surface area contributed by atoms with Crippen molar-refractivity contribution in [2.24, 2.45) is 5.41 Å². The van der Waals surface area contributed by atoms with Crippen molar-refractivity contribution in [1.82, 2.24) is 10.2 Å². The first-order valence-electron chi connectivity index (χ1n) is 6.65. The molecule has 2 unspecified atom stereocenters. The molecular weight excluding hydrogens is 273 g/mol. The maximum absolute atomic E-state index is 12.4. The van der Waals surface area contributed by atoms with Gasteiger partial charge in [-0.3, -0.25) is 9.59 Å². The molecule has 1 rings (SSSR count). The topological polar surface area (TPSA) is 49.4 Å². The highest BCUT2D eigenvalue weighted by Gasteiger charge is 2.46. The molecule has 1 aliphatic rings. The fraction of sp³-hybridized carbons (Fsp3) is 0.846. The van der Waals surface area contributed by atoms with Gasteiger partial charge in [0.2, 0.25) is 11.8 Å². The average Bonchev–Trinajstić information content (AvgIpc) is 2.26. The quantitative estimate of drug-likeness (QED) is 0.866. The normalized spacial score (nSPS) is 24.9. The van der Waals surface area contributed by atoms with E-state index in [4.69, 9.17) is 0 Å².